The van der Waals surface area contributed by atoms with Crippen molar-refractivity contribution in [3.05, 3.63) is 66.9 Å². The predicted molar refractivity (Wildman–Crippen MR) is 87.7 cm³/mol. The van der Waals surface area contributed by atoms with Gasteiger partial charge in [-0.1, -0.05) is 12.2 Å². The Morgan fingerprint density at radius 3 is 2.22 bits per heavy atom. The molecule has 0 aliphatic carbocycles. The van der Waals surface area contributed by atoms with E-state index < -0.39 is 11.9 Å². The Hall–Kier alpha value is -3.33. The highest BCUT2D eigenvalue weighted by atomic mass is 16.4. The van der Waals surface area contributed by atoms with E-state index in [9.17, 15) is 9.59 Å². The van der Waals surface area contributed by atoms with Crippen LogP contribution >= 0.6 is 0 Å². The number of hydrogen-bond donors (Lipinski definition) is 2. The summed E-state index contributed by atoms with van der Waals surface area (Å²) in [5.41, 5.74) is 0.443. The Bertz CT molecular complexity index is 659. The normalized spacial score (nSPS) is 10.3. The van der Waals surface area contributed by atoms with E-state index in [2.05, 4.69) is 18.5 Å². The maximum atomic E-state index is 12.1. The van der Waals surface area contributed by atoms with Crippen LogP contribution in [0.5, 0.6) is 0 Å². The minimum atomic E-state index is -1.05. The van der Waals surface area contributed by atoms with E-state index in [-0.39, 0.29) is 11.1 Å². The predicted octanol–water partition coefficient (Wildman–Crippen LogP) is 2.40. The number of nitriles is 1. The monoisotopic (exact) mass is 311 g/mol. The summed E-state index contributed by atoms with van der Waals surface area (Å²) >= 11 is 0. The fourth-order valence-corrected chi connectivity index (χ4v) is 1.73. The van der Waals surface area contributed by atoms with Crippen molar-refractivity contribution in [1.29, 1.82) is 5.26 Å². The first-order valence-electron chi connectivity index (χ1n) is 6.74. The number of benzene rings is 1. The van der Waals surface area contributed by atoms with Crippen LogP contribution in [0.1, 0.15) is 10.4 Å². The molecule has 0 bridgehead atoms. The molecule has 1 amide bonds. The highest BCUT2D eigenvalue weighted by Gasteiger charge is 2.11. The zero-order valence-electron chi connectivity index (χ0n) is 12.5. The van der Waals surface area contributed by atoms with E-state index in [1.54, 1.807) is 17.1 Å². The Kier molecular flexibility index (Phi) is 6.82. The first-order chi connectivity index (χ1) is 11.0. The lowest BCUT2D eigenvalue weighted by Gasteiger charge is -2.16. The topological polar surface area (TPSA) is 93.4 Å². The number of carbonyl (C=O) groups is 2. The molecule has 0 unspecified atom stereocenters. The van der Waals surface area contributed by atoms with Crippen LogP contribution < -0.4 is 5.32 Å². The fraction of sp³-hybridized carbons (Fsp3) is 0.118. The van der Waals surface area contributed by atoms with Crippen molar-refractivity contribution in [2.45, 2.75) is 0 Å². The van der Waals surface area contributed by atoms with Gasteiger partial charge in [0, 0.05) is 25.0 Å². The van der Waals surface area contributed by atoms with E-state index in [1.165, 1.54) is 30.5 Å². The SMILES string of the molecule is C=CCN(/C=C(/C#N)C(=O)Nc1ccc(C(=O)O)cc1)CC=C. The molecule has 2 N–H and O–H groups in total. The fourth-order valence-electron chi connectivity index (χ4n) is 1.73. The van der Waals surface area contributed by atoms with Gasteiger partial charge in [-0.2, -0.15) is 5.26 Å². The summed E-state index contributed by atoms with van der Waals surface area (Å²) in [6.07, 6.45) is 4.74. The Morgan fingerprint density at radius 1 is 1.22 bits per heavy atom. The summed E-state index contributed by atoms with van der Waals surface area (Å²) in [5, 5.41) is 20.5. The van der Waals surface area contributed by atoms with Gasteiger partial charge in [-0.05, 0) is 24.3 Å². The van der Waals surface area contributed by atoms with Crippen LogP contribution in [0.4, 0.5) is 5.69 Å². The Morgan fingerprint density at radius 2 is 1.78 bits per heavy atom. The molecule has 0 saturated heterocycles. The largest absolute Gasteiger partial charge is 0.478 e. The quantitative estimate of drug-likeness (QED) is 0.437. The average Bonchev–Trinajstić information content (AvgIpc) is 2.53. The molecular weight excluding hydrogens is 294 g/mol. The van der Waals surface area contributed by atoms with Gasteiger partial charge >= 0.3 is 5.97 Å². The van der Waals surface area contributed by atoms with Crippen molar-refractivity contribution in [1.82, 2.24) is 4.90 Å². The van der Waals surface area contributed by atoms with Gasteiger partial charge in [-0.25, -0.2) is 4.79 Å². The van der Waals surface area contributed by atoms with Gasteiger partial charge in [0.25, 0.3) is 5.91 Å². The first kappa shape index (κ1) is 17.7. The molecule has 0 atom stereocenters. The number of nitrogens with one attached hydrogen (secondary N) is 1. The summed E-state index contributed by atoms with van der Waals surface area (Å²) in [5.74, 6) is -1.63. The molecule has 0 saturated carbocycles. The standard InChI is InChI=1S/C17H17N3O3/c1-3-9-20(10-4-2)12-14(11-18)16(21)19-15-7-5-13(6-8-15)17(22)23/h3-8,12H,1-2,9-10H2,(H,19,21)(H,22,23)/b14-12-. The highest BCUT2D eigenvalue weighted by Crippen LogP contribution is 2.11. The molecule has 0 fully saturated rings. The molecule has 6 heteroatoms. The molecule has 1 aromatic rings. The molecule has 0 aromatic heterocycles. The smallest absolute Gasteiger partial charge is 0.335 e. The molecule has 1 rings (SSSR count). The summed E-state index contributed by atoms with van der Waals surface area (Å²) in [6.45, 7) is 8.17. The van der Waals surface area contributed by atoms with Crippen molar-refractivity contribution >= 4 is 17.6 Å². The number of amides is 1. The third-order valence-electron chi connectivity index (χ3n) is 2.79. The number of aromatic carboxylic acids is 1. The average molecular weight is 311 g/mol. The molecule has 0 radical (unpaired) electrons. The van der Waals surface area contributed by atoms with E-state index in [0.717, 1.165) is 0 Å². The van der Waals surface area contributed by atoms with Crippen LogP contribution in [-0.2, 0) is 4.79 Å². The van der Waals surface area contributed by atoms with Crippen molar-refractivity contribution in [2.24, 2.45) is 0 Å². The number of rotatable bonds is 8. The van der Waals surface area contributed by atoms with Gasteiger partial charge in [-0.15, -0.1) is 13.2 Å². The van der Waals surface area contributed by atoms with E-state index in [1.807, 2.05) is 6.07 Å². The second-order valence-corrected chi connectivity index (χ2v) is 4.52. The van der Waals surface area contributed by atoms with Crippen molar-refractivity contribution in [3.63, 3.8) is 0 Å². The van der Waals surface area contributed by atoms with E-state index >= 15 is 0 Å². The van der Waals surface area contributed by atoms with Gasteiger partial charge in [0.05, 0.1) is 5.56 Å². The molecule has 0 heterocycles. The van der Waals surface area contributed by atoms with E-state index in [0.29, 0.717) is 18.8 Å². The molecule has 6 nitrogen and oxygen atoms in total. The summed E-state index contributed by atoms with van der Waals surface area (Å²) in [6, 6.07) is 7.50. The maximum Gasteiger partial charge on any atom is 0.335 e. The molecule has 0 spiro atoms. The molecule has 0 aliphatic heterocycles. The van der Waals surface area contributed by atoms with E-state index in [4.69, 9.17) is 10.4 Å². The van der Waals surface area contributed by atoms with Crippen LogP contribution in [0, 0.1) is 11.3 Å². The molecule has 118 valence electrons. The zero-order chi connectivity index (χ0) is 17.2. The van der Waals surface area contributed by atoms with Gasteiger partial charge in [-0.3, -0.25) is 4.79 Å². The lowest BCUT2D eigenvalue weighted by Crippen LogP contribution is -2.21. The lowest BCUT2D eigenvalue weighted by molar-refractivity contribution is -0.112. The number of carboxylic acid groups (broad SMARTS) is 1. The number of hydrogen-bond acceptors (Lipinski definition) is 4. The molecule has 23 heavy (non-hydrogen) atoms. The van der Waals surface area contributed by atoms with Crippen molar-refractivity contribution in [2.75, 3.05) is 18.4 Å². The maximum absolute atomic E-state index is 12.1. The molecule has 0 aliphatic rings. The van der Waals surface area contributed by atoms with Crippen LogP contribution in [0.3, 0.4) is 0 Å². The highest BCUT2D eigenvalue weighted by molar-refractivity contribution is 6.06. The summed E-state index contributed by atoms with van der Waals surface area (Å²) in [7, 11) is 0. The Balaban J connectivity index is 2.87. The van der Waals surface area contributed by atoms with Crippen LogP contribution in [0.25, 0.3) is 0 Å². The Labute approximate surface area is 134 Å². The number of carbonyl (C=O) groups excluding carboxylic acids is 1. The van der Waals surface area contributed by atoms with Gasteiger partial charge in [0.15, 0.2) is 0 Å². The second-order valence-electron chi connectivity index (χ2n) is 4.52. The van der Waals surface area contributed by atoms with Crippen LogP contribution in [-0.4, -0.2) is 35.0 Å². The lowest BCUT2D eigenvalue weighted by atomic mass is 10.2. The van der Waals surface area contributed by atoms with Crippen molar-refractivity contribution < 1.29 is 14.7 Å². The van der Waals surface area contributed by atoms with Gasteiger partial charge < -0.3 is 15.3 Å². The van der Waals surface area contributed by atoms with Gasteiger partial charge in [0.1, 0.15) is 11.6 Å². The van der Waals surface area contributed by atoms with Crippen LogP contribution in [0.15, 0.2) is 61.3 Å². The third kappa shape index (κ3) is 5.52. The summed E-state index contributed by atoms with van der Waals surface area (Å²) in [4.78, 5) is 24.6. The number of carboxylic acids is 1. The molecular formula is C17H17N3O3. The third-order valence-corrected chi connectivity index (χ3v) is 2.79. The van der Waals surface area contributed by atoms with Crippen LogP contribution in [0.2, 0.25) is 0 Å². The molecule has 1 aromatic carbocycles. The summed E-state index contributed by atoms with van der Waals surface area (Å²) < 4.78 is 0. The zero-order valence-corrected chi connectivity index (χ0v) is 12.5. The van der Waals surface area contributed by atoms with Crippen molar-refractivity contribution in [3.8, 4) is 6.07 Å². The minimum absolute atomic E-state index is 0.0731. The number of nitrogens with zero attached hydrogens (tertiary/aromatic N) is 2. The van der Waals surface area contributed by atoms with Gasteiger partial charge in [0.2, 0.25) is 0 Å². The first-order valence-corrected chi connectivity index (χ1v) is 6.74. The minimum Gasteiger partial charge on any atom is -0.478 e. The number of anilines is 1. The second kappa shape index (κ2) is 8.85.